The van der Waals surface area contributed by atoms with Crippen LogP contribution in [0.25, 0.3) is 0 Å². The van der Waals surface area contributed by atoms with Gasteiger partial charge in [0.2, 0.25) is 5.91 Å². The van der Waals surface area contributed by atoms with Crippen molar-refractivity contribution in [2.45, 2.75) is 56.4 Å². The van der Waals surface area contributed by atoms with Gasteiger partial charge in [0.25, 0.3) is 0 Å². The highest BCUT2D eigenvalue weighted by molar-refractivity contribution is 5.75. The largest absolute Gasteiger partial charge is 0.394 e. The average Bonchev–Trinajstić information content (AvgIpc) is 2.55. The number of ether oxygens (including phenoxy) is 2. The zero-order chi connectivity index (χ0) is 18.1. The second-order valence-corrected chi connectivity index (χ2v) is 5.48. The Hall–Kier alpha value is -1.17. The summed E-state index contributed by atoms with van der Waals surface area (Å²) in [4.78, 5) is 21.6. The van der Waals surface area contributed by atoms with Crippen molar-refractivity contribution < 1.29 is 43.9 Å². The molecule has 0 saturated carbocycles. The molecule has 10 heteroatoms. The highest BCUT2D eigenvalue weighted by atomic mass is 19.1. The van der Waals surface area contributed by atoms with E-state index < -0.39 is 43.3 Å². The van der Waals surface area contributed by atoms with E-state index in [4.69, 9.17) is 14.6 Å². The normalized spacial score (nSPS) is 30.1. The van der Waals surface area contributed by atoms with Crippen LogP contribution in [-0.4, -0.2) is 82.8 Å². The van der Waals surface area contributed by atoms with E-state index in [1.807, 2.05) is 0 Å². The summed E-state index contributed by atoms with van der Waals surface area (Å²) in [5, 5.41) is 40.5. The van der Waals surface area contributed by atoms with Crippen LogP contribution < -0.4 is 5.32 Å². The molecule has 1 amide bonds. The van der Waals surface area contributed by atoms with Crippen molar-refractivity contribution in [3.8, 4) is 0 Å². The summed E-state index contributed by atoms with van der Waals surface area (Å²) in [5.41, 5.74) is 0. The van der Waals surface area contributed by atoms with Crippen LogP contribution in [0.5, 0.6) is 0 Å². The van der Waals surface area contributed by atoms with E-state index >= 15 is 0 Å². The summed E-state index contributed by atoms with van der Waals surface area (Å²) in [6, 6.07) is -1.40. The predicted octanol–water partition coefficient (Wildman–Crippen LogP) is -2.02. The van der Waals surface area contributed by atoms with Gasteiger partial charge in [0.1, 0.15) is 24.4 Å². The number of carbonyl (C=O) groups is 2. The maximum Gasteiger partial charge on any atom is 0.301 e. The third-order valence-corrected chi connectivity index (χ3v) is 3.58. The van der Waals surface area contributed by atoms with Crippen LogP contribution in [0.2, 0.25) is 0 Å². The van der Waals surface area contributed by atoms with E-state index in [0.717, 1.165) is 0 Å². The first-order valence-corrected chi connectivity index (χ1v) is 7.74. The molecule has 0 aromatic carbocycles. The lowest BCUT2D eigenvalue weighted by Gasteiger charge is -2.39. The molecule has 0 aromatic heterocycles. The summed E-state index contributed by atoms with van der Waals surface area (Å²) in [7, 11) is 0. The number of carbonyl (C=O) groups excluding carboxylic acids is 2. The molecule has 1 rings (SSSR count). The van der Waals surface area contributed by atoms with Crippen molar-refractivity contribution in [2.24, 2.45) is 0 Å². The monoisotopic (exact) mass is 353 g/mol. The van der Waals surface area contributed by atoms with E-state index in [-0.39, 0.29) is 31.9 Å². The van der Waals surface area contributed by atoms with Gasteiger partial charge < -0.3 is 35.2 Å². The van der Waals surface area contributed by atoms with Crippen LogP contribution in [0.4, 0.5) is 4.39 Å². The first-order chi connectivity index (χ1) is 11.4. The van der Waals surface area contributed by atoms with Crippen LogP contribution in [0.15, 0.2) is 0 Å². The second-order valence-electron chi connectivity index (χ2n) is 5.48. The number of unbranched alkanes of at least 4 members (excludes halogenated alkanes) is 1. The van der Waals surface area contributed by atoms with Crippen molar-refractivity contribution in [2.75, 3.05) is 19.8 Å². The summed E-state index contributed by atoms with van der Waals surface area (Å²) in [6.45, 7) is -0.476. The molecule has 5 N–H and O–H groups in total. The van der Waals surface area contributed by atoms with Crippen molar-refractivity contribution in [3.05, 3.63) is 0 Å². The lowest BCUT2D eigenvalue weighted by Crippen LogP contribution is -2.59. The SMILES string of the molecule is O=C(F)CCCCC(=O)NCCO[C@@H]1O[C@H](CO)[C@@H](O)[C@H](O)[C@H]1O. The minimum absolute atomic E-state index is 0.0304. The molecule has 0 radical (unpaired) electrons. The maximum atomic E-state index is 12.0. The van der Waals surface area contributed by atoms with Gasteiger partial charge in [0.15, 0.2) is 6.29 Å². The summed E-state index contributed by atoms with van der Waals surface area (Å²) < 4.78 is 22.3. The number of nitrogens with one attached hydrogen (secondary N) is 1. The summed E-state index contributed by atoms with van der Waals surface area (Å²) >= 11 is 0. The number of aliphatic hydroxyl groups excluding tert-OH is 4. The molecule has 140 valence electrons. The fraction of sp³-hybridized carbons (Fsp3) is 0.857. The molecule has 5 atom stereocenters. The number of hydrogen-bond donors (Lipinski definition) is 5. The topological polar surface area (TPSA) is 146 Å². The minimum atomic E-state index is -1.52. The Morgan fingerprint density at radius 1 is 1.08 bits per heavy atom. The molecule has 1 aliphatic rings. The van der Waals surface area contributed by atoms with Crippen molar-refractivity contribution in [1.82, 2.24) is 5.32 Å². The Morgan fingerprint density at radius 2 is 1.75 bits per heavy atom. The van der Waals surface area contributed by atoms with Crippen LogP contribution >= 0.6 is 0 Å². The standard InChI is InChI=1S/C14H24FNO8/c15-9(18)3-1-2-4-10(19)16-5-6-23-14-13(22)12(21)11(20)8(7-17)24-14/h8,11-14,17,20-22H,1-7H2,(H,16,19)/t8-,11-,12+,13-,14-/m1/s1. The number of amides is 1. The lowest BCUT2D eigenvalue weighted by molar-refractivity contribution is -0.300. The molecule has 1 heterocycles. The molecule has 24 heavy (non-hydrogen) atoms. The number of halogens is 1. The molecule has 9 nitrogen and oxygen atoms in total. The molecule has 1 fully saturated rings. The van der Waals surface area contributed by atoms with E-state index in [2.05, 4.69) is 5.32 Å². The summed E-state index contributed by atoms with van der Waals surface area (Å²) in [5.74, 6) is -0.293. The summed E-state index contributed by atoms with van der Waals surface area (Å²) in [6.07, 6.45) is -6.14. The molecule has 1 aliphatic heterocycles. The molecule has 0 aromatic rings. The number of aliphatic hydroxyl groups is 4. The van der Waals surface area contributed by atoms with Crippen molar-refractivity contribution in [1.29, 1.82) is 0 Å². The van der Waals surface area contributed by atoms with Crippen molar-refractivity contribution >= 4 is 11.9 Å². The first-order valence-electron chi connectivity index (χ1n) is 7.74. The van der Waals surface area contributed by atoms with Crippen LogP contribution in [0.3, 0.4) is 0 Å². The van der Waals surface area contributed by atoms with E-state index in [0.29, 0.717) is 12.8 Å². The van der Waals surface area contributed by atoms with Gasteiger partial charge in [0.05, 0.1) is 13.2 Å². The Morgan fingerprint density at radius 3 is 2.38 bits per heavy atom. The third kappa shape index (κ3) is 6.75. The molecule has 1 saturated heterocycles. The van der Waals surface area contributed by atoms with Gasteiger partial charge in [-0.2, -0.15) is 4.39 Å². The Labute approximate surface area is 138 Å². The van der Waals surface area contributed by atoms with E-state index in [1.54, 1.807) is 0 Å². The van der Waals surface area contributed by atoms with Crippen LogP contribution in [0.1, 0.15) is 25.7 Å². The average molecular weight is 353 g/mol. The van der Waals surface area contributed by atoms with Gasteiger partial charge in [-0.25, -0.2) is 0 Å². The highest BCUT2D eigenvalue weighted by Gasteiger charge is 2.43. The van der Waals surface area contributed by atoms with Crippen LogP contribution in [0, 0.1) is 0 Å². The van der Waals surface area contributed by atoms with Gasteiger partial charge in [-0.15, -0.1) is 0 Å². The minimum Gasteiger partial charge on any atom is -0.394 e. The smallest absolute Gasteiger partial charge is 0.301 e. The van der Waals surface area contributed by atoms with Gasteiger partial charge in [-0.3, -0.25) is 9.59 Å². The van der Waals surface area contributed by atoms with Gasteiger partial charge in [0, 0.05) is 19.4 Å². The van der Waals surface area contributed by atoms with Gasteiger partial charge in [-0.1, -0.05) is 0 Å². The molecule has 0 spiro atoms. The maximum absolute atomic E-state index is 12.0. The fourth-order valence-electron chi connectivity index (χ4n) is 2.21. The van der Waals surface area contributed by atoms with Gasteiger partial charge in [-0.05, 0) is 12.8 Å². The number of hydrogen-bond acceptors (Lipinski definition) is 8. The van der Waals surface area contributed by atoms with E-state index in [9.17, 15) is 29.3 Å². The zero-order valence-electron chi connectivity index (χ0n) is 13.1. The Kier molecular flexibility index (Phi) is 9.26. The molecule has 0 aliphatic carbocycles. The Balaban J connectivity index is 2.19. The van der Waals surface area contributed by atoms with Gasteiger partial charge >= 0.3 is 6.04 Å². The Bertz CT molecular complexity index is 408. The quantitative estimate of drug-likeness (QED) is 0.223. The molecular formula is C14H24FNO8. The lowest BCUT2D eigenvalue weighted by atomic mass is 9.99. The second kappa shape index (κ2) is 10.6. The third-order valence-electron chi connectivity index (χ3n) is 3.58. The number of rotatable bonds is 10. The highest BCUT2D eigenvalue weighted by Crippen LogP contribution is 2.21. The molecule has 0 unspecified atom stereocenters. The molecular weight excluding hydrogens is 329 g/mol. The molecule has 0 bridgehead atoms. The van der Waals surface area contributed by atoms with E-state index in [1.165, 1.54) is 0 Å². The van der Waals surface area contributed by atoms with Crippen LogP contribution in [-0.2, 0) is 19.1 Å². The van der Waals surface area contributed by atoms with Crippen molar-refractivity contribution in [3.63, 3.8) is 0 Å². The fourth-order valence-corrected chi connectivity index (χ4v) is 2.21. The zero-order valence-corrected chi connectivity index (χ0v) is 13.1. The first kappa shape index (κ1) is 20.9. The predicted molar refractivity (Wildman–Crippen MR) is 77.3 cm³/mol.